The summed E-state index contributed by atoms with van der Waals surface area (Å²) in [7, 11) is 0. The molecule has 0 radical (unpaired) electrons. The summed E-state index contributed by atoms with van der Waals surface area (Å²) in [6.45, 7) is 4.94. The number of carbonyl (C=O) groups excluding carboxylic acids is 1. The van der Waals surface area contributed by atoms with E-state index in [1.807, 2.05) is 6.07 Å². The lowest BCUT2D eigenvalue weighted by molar-refractivity contribution is 0.112. The first-order valence-electron chi connectivity index (χ1n) is 5.48. The summed E-state index contributed by atoms with van der Waals surface area (Å²) < 4.78 is 0. The van der Waals surface area contributed by atoms with Gasteiger partial charge in [-0.2, -0.15) is 0 Å². The molecule has 2 rings (SSSR count). The second kappa shape index (κ2) is 4.53. The fourth-order valence-corrected chi connectivity index (χ4v) is 2.03. The summed E-state index contributed by atoms with van der Waals surface area (Å²) >= 11 is 0. The Kier molecular flexibility index (Phi) is 3.10. The Morgan fingerprint density at radius 3 is 3.00 bits per heavy atom. The largest absolute Gasteiger partial charge is 0.507 e. The average Bonchev–Trinajstić information content (AvgIpc) is 2.29. The van der Waals surface area contributed by atoms with Crippen LogP contribution in [0.25, 0.3) is 0 Å². The van der Waals surface area contributed by atoms with Crippen molar-refractivity contribution in [2.24, 2.45) is 0 Å². The number of rotatable bonds is 2. The van der Waals surface area contributed by atoms with Gasteiger partial charge in [-0.05, 0) is 19.1 Å². The molecule has 1 atom stereocenters. The number of nitrogens with zero attached hydrogens (tertiary/aromatic N) is 1. The maximum Gasteiger partial charge on any atom is 0.153 e. The molecule has 0 amide bonds. The number of nitrogens with one attached hydrogen (secondary N) is 1. The van der Waals surface area contributed by atoms with Crippen LogP contribution in [0.2, 0.25) is 0 Å². The van der Waals surface area contributed by atoms with Crippen LogP contribution >= 0.6 is 0 Å². The lowest BCUT2D eigenvalue weighted by atomic mass is 10.1. The maximum atomic E-state index is 10.6. The third-order valence-electron chi connectivity index (χ3n) is 2.97. The van der Waals surface area contributed by atoms with Crippen LogP contribution in [0.1, 0.15) is 17.3 Å². The first kappa shape index (κ1) is 11.0. The van der Waals surface area contributed by atoms with Crippen LogP contribution < -0.4 is 10.2 Å². The number of phenols is 1. The molecule has 1 aromatic carbocycles. The van der Waals surface area contributed by atoms with E-state index >= 15 is 0 Å². The lowest BCUT2D eigenvalue weighted by Crippen LogP contribution is -2.49. The van der Waals surface area contributed by atoms with Crippen LogP contribution in [0, 0.1) is 0 Å². The molecule has 86 valence electrons. The molecular weight excluding hydrogens is 204 g/mol. The Bertz CT molecular complexity index is 393. The van der Waals surface area contributed by atoms with E-state index in [-0.39, 0.29) is 5.75 Å². The molecule has 1 aliphatic rings. The van der Waals surface area contributed by atoms with Crippen molar-refractivity contribution in [3.05, 3.63) is 23.8 Å². The number of hydrogen-bond donors (Lipinski definition) is 2. The summed E-state index contributed by atoms with van der Waals surface area (Å²) in [5.74, 6) is 0.0539. The van der Waals surface area contributed by atoms with Gasteiger partial charge >= 0.3 is 0 Å². The normalized spacial score (nSPS) is 20.8. The fourth-order valence-electron chi connectivity index (χ4n) is 2.03. The van der Waals surface area contributed by atoms with Crippen LogP contribution in [0.4, 0.5) is 5.69 Å². The second-order valence-corrected chi connectivity index (χ2v) is 4.11. The van der Waals surface area contributed by atoms with Gasteiger partial charge in [0.05, 0.1) is 5.56 Å². The van der Waals surface area contributed by atoms with Gasteiger partial charge in [0.15, 0.2) is 6.29 Å². The molecule has 1 heterocycles. The first-order chi connectivity index (χ1) is 7.72. The van der Waals surface area contributed by atoms with E-state index in [0.29, 0.717) is 17.9 Å². The molecule has 2 N–H and O–H groups in total. The number of carbonyl (C=O) groups is 1. The van der Waals surface area contributed by atoms with E-state index < -0.39 is 0 Å². The van der Waals surface area contributed by atoms with Crippen molar-refractivity contribution in [2.75, 3.05) is 24.5 Å². The lowest BCUT2D eigenvalue weighted by Gasteiger charge is -2.36. The Hall–Kier alpha value is -1.55. The zero-order chi connectivity index (χ0) is 11.5. The SMILES string of the molecule is C[C@H]1CNCCN1c1ccc(C=O)c(O)c1. The molecule has 16 heavy (non-hydrogen) atoms. The van der Waals surface area contributed by atoms with Gasteiger partial charge in [0, 0.05) is 37.4 Å². The smallest absolute Gasteiger partial charge is 0.153 e. The van der Waals surface area contributed by atoms with Crippen LogP contribution in [-0.2, 0) is 0 Å². The summed E-state index contributed by atoms with van der Waals surface area (Å²) in [4.78, 5) is 12.8. The Morgan fingerprint density at radius 1 is 1.56 bits per heavy atom. The Balaban J connectivity index is 2.26. The summed E-state index contributed by atoms with van der Waals surface area (Å²) in [6.07, 6.45) is 0.667. The number of aromatic hydroxyl groups is 1. The van der Waals surface area contributed by atoms with Crippen molar-refractivity contribution in [1.82, 2.24) is 5.32 Å². The van der Waals surface area contributed by atoms with Crippen LogP contribution in [0.5, 0.6) is 5.75 Å². The van der Waals surface area contributed by atoms with Crippen molar-refractivity contribution in [3.8, 4) is 5.75 Å². The summed E-state index contributed by atoms with van der Waals surface area (Å²) in [5.41, 5.74) is 1.31. The van der Waals surface area contributed by atoms with Gasteiger partial charge in [-0.1, -0.05) is 0 Å². The number of aldehydes is 1. The Morgan fingerprint density at radius 2 is 2.38 bits per heavy atom. The highest BCUT2D eigenvalue weighted by Gasteiger charge is 2.18. The molecule has 1 saturated heterocycles. The first-order valence-corrected chi connectivity index (χ1v) is 5.48. The van der Waals surface area contributed by atoms with Crippen molar-refractivity contribution in [2.45, 2.75) is 13.0 Å². The van der Waals surface area contributed by atoms with Gasteiger partial charge in [0.25, 0.3) is 0 Å². The maximum absolute atomic E-state index is 10.6. The molecule has 0 bridgehead atoms. The molecule has 4 heteroatoms. The monoisotopic (exact) mass is 220 g/mol. The molecule has 0 aliphatic carbocycles. The van der Waals surface area contributed by atoms with Crippen LogP contribution in [0.3, 0.4) is 0 Å². The standard InChI is InChI=1S/C12H16N2O2/c1-9-7-13-4-5-14(9)11-3-2-10(8-15)12(16)6-11/h2-3,6,8-9,13,16H,4-5,7H2,1H3/t9-/m0/s1. The number of hydrogen-bond acceptors (Lipinski definition) is 4. The quantitative estimate of drug-likeness (QED) is 0.730. The van der Waals surface area contributed by atoms with Crippen molar-refractivity contribution in [1.29, 1.82) is 0 Å². The zero-order valence-electron chi connectivity index (χ0n) is 9.31. The van der Waals surface area contributed by atoms with Gasteiger partial charge in [0.1, 0.15) is 5.75 Å². The fraction of sp³-hybridized carbons (Fsp3) is 0.417. The topological polar surface area (TPSA) is 52.6 Å². The highest BCUT2D eigenvalue weighted by atomic mass is 16.3. The Labute approximate surface area is 94.9 Å². The average molecular weight is 220 g/mol. The van der Waals surface area contributed by atoms with Gasteiger partial charge in [0.2, 0.25) is 0 Å². The summed E-state index contributed by atoms with van der Waals surface area (Å²) in [5, 5.41) is 12.9. The van der Waals surface area contributed by atoms with E-state index in [1.165, 1.54) is 0 Å². The van der Waals surface area contributed by atoms with E-state index in [2.05, 4.69) is 17.1 Å². The third kappa shape index (κ3) is 2.02. The molecule has 1 fully saturated rings. The molecule has 4 nitrogen and oxygen atoms in total. The van der Waals surface area contributed by atoms with Crippen LogP contribution in [-0.4, -0.2) is 37.1 Å². The number of benzene rings is 1. The highest BCUT2D eigenvalue weighted by molar-refractivity contribution is 5.80. The highest BCUT2D eigenvalue weighted by Crippen LogP contribution is 2.25. The van der Waals surface area contributed by atoms with Gasteiger partial charge in [-0.3, -0.25) is 4.79 Å². The predicted octanol–water partition coefficient (Wildman–Crippen LogP) is 1.00. The molecule has 1 aliphatic heterocycles. The number of anilines is 1. The summed E-state index contributed by atoms with van der Waals surface area (Å²) in [6, 6.07) is 5.60. The second-order valence-electron chi connectivity index (χ2n) is 4.11. The van der Waals surface area contributed by atoms with E-state index in [9.17, 15) is 9.90 Å². The molecule has 1 aromatic rings. The molecule has 0 saturated carbocycles. The minimum absolute atomic E-state index is 0.0539. The number of phenolic OH excluding ortho intramolecular Hbond substituents is 1. The van der Waals surface area contributed by atoms with E-state index in [1.54, 1.807) is 12.1 Å². The molecule has 0 spiro atoms. The predicted molar refractivity (Wildman–Crippen MR) is 63.2 cm³/mol. The van der Waals surface area contributed by atoms with E-state index in [4.69, 9.17) is 0 Å². The molecular formula is C12H16N2O2. The molecule has 0 aromatic heterocycles. The van der Waals surface area contributed by atoms with E-state index in [0.717, 1.165) is 25.3 Å². The van der Waals surface area contributed by atoms with Gasteiger partial charge < -0.3 is 15.3 Å². The minimum Gasteiger partial charge on any atom is -0.507 e. The van der Waals surface area contributed by atoms with Crippen molar-refractivity contribution < 1.29 is 9.90 Å². The van der Waals surface area contributed by atoms with Crippen molar-refractivity contribution >= 4 is 12.0 Å². The van der Waals surface area contributed by atoms with Gasteiger partial charge in [-0.15, -0.1) is 0 Å². The minimum atomic E-state index is 0.0539. The zero-order valence-corrected chi connectivity index (χ0v) is 9.31. The molecule has 0 unspecified atom stereocenters. The number of piperazine rings is 1. The van der Waals surface area contributed by atoms with Crippen LogP contribution in [0.15, 0.2) is 18.2 Å². The third-order valence-corrected chi connectivity index (χ3v) is 2.97. The van der Waals surface area contributed by atoms with Gasteiger partial charge in [-0.25, -0.2) is 0 Å². The van der Waals surface area contributed by atoms with Crippen molar-refractivity contribution in [3.63, 3.8) is 0 Å².